The number of carbonyl (C=O) groups is 1. The third kappa shape index (κ3) is 3.17. The molecule has 0 fully saturated rings. The summed E-state index contributed by atoms with van der Waals surface area (Å²) in [5.74, 6) is -0.465. The quantitative estimate of drug-likeness (QED) is 0.786. The Morgan fingerprint density at radius 2 is 2.20 bits per heavy atom. The summed E-state index contributed by atoms with van der Waals surface area (Å²) in [7, 11) is 0. The monoisotopic (exact) mass is 278 g/mol. The third-order valence-corrected chi connectivity index (χ3v) is 3.14. The number of aliphatic hydroxyl groups is 1. The summed E-state index contributed by atoms with van der Waals surface area (Å²) in [4.78, 5) is 14.9. The molecule has 0 aliphatic carbocycles. The van der Waals surface area contributed by atoms with E-state index in [-0.39, 0.29) is 23.4 Å². The second kappa shape index (κ2) is 6.05. The van der Waals surface area contributed by atoms with Crippen molar-refractivity contribution in [1.82, 2.24) is 10.3 Å². The van der Waals surface area contributed by atoms with E-state index in [1.807, 2.05) is 13.8 Å². The highest BCUT2D eigenvalue weighted by molar-refractivity contribution is 6.06. The van der Waals surface area contributed by atoms with Gasteiger partial charge in [0.05, 0.1) is 11.7 Å². The molecule has 5 heteroatoms. The fourth-order valence-corrected chi connectivity index (χ4v) is 2.25. The lowest BCUT2D eigenvalue weighted by Gasteiger charge is -2.13. The predicted molar refractivity (Wildman–Crippen MR) is 76.1 cm³/mol. The van der Waals surface area contributed by atoms with Crippen molar-refractivity contribution in [2.24, 2.45) is 5.92 Å². The van der Waals surface area contributed by atoms with Gasteiger partial charge in [-0.25, -0.2) is 4.39 Å². The molecule has 2 aromatic rings. The van der Waals surface area contributed by atoms with Gasteiger partial charge in [-0.1, -0.05) is 19.9 Å². The van der Waals surface area contributed by atoms with Crippen LogP contribution in [0.3, 0.4) is 0 Å². The average Bonchev–Trinajstić information content (AvgIpc) is 2.80. The van der Waals surface area contributed by atoms with Crippen molar-refractivity contribution in [2.45, 2.75) is 26.4 Å². The van der Waals surface area contributed by atoms with Gasteiger partial charge < -0.3 is 15.4 Å². The van der Waals surface area contributed by atoms with Gasteiger partial charge in [0.15, 0.2) is 0 Å². The third-order valence-electron chi connectivity index (χ3n) is 3.14. The first-order chi connectivity index (χ1) is 9.49. The Labute approximate surface area is 117 Å². The molecule has 0 radical (unpaired) electrons. The molecule has 4 nitrogen and oxygen atoms in total. The summed E-state index contributed by atoms with van der Waals surface area (Å²) < 4.78 is 13.8. The van der Waals surface area contributed by atoms with Gasteiger partial charge >= 0.3 is 0 Å². The summed E-state index contributed by atoms with van der Waals surface area (Å²) in [6.07, 6.45) is 1.51. The number of H-pyrrole nitrogens is 1. The molecule has 0 aliphatic heterocycles. The molecular formula is C15H19FN2O2. The number of benzene rings is 1. The number of rotatable bonds is 5. The highest BCUT2D eigenvalue weighted by Gasteiger charge is 2.16. The van der Waals surface area contributed by atoms with Crippen LogP contribution in [0, 0.1) is 11.7 Å². The minimum Gasteiger partial charge on any atom is -0.391 e. The SMILES string of the molecule is CC(C)CC(O)CNC(=O)c1c[nH]c2cccc(F)c12. The summed E-state index contributed by atoms with van der Waals surface area (Å²) in [5.41, 5.74) is 0.840. The van der Waals surface area contributed by atoms with Crippen LogP contribution in [0.5, 0.6) is 0 Å². The first kappa shape index (κ1) is 14.5. The number of nitrogens with one attached hydrogen (secondary N) is 2. The number of fused-ring (bicyclic) bond motifs is 1. The Morgan fingerprint density at radius 1 is 1.45 bits per heavy atom. The fraction of sp³-hybridized carbons (Fsp3) is 0.400. The highest BCUT2D eigenvalue weighted by atomic mass is 19.1. The Balaban J connectivity index is 2.08. The Bertz CT molecular complexity index is 607. The topological polar surface area (TPSA) is 65.1 Å². The minimum absolute atomic E-state index is 0.165. The number of carbonyl (C=O) groups excluding carboxylic acids is 1. The molecule has 1 heterocycles. The number of amides is 1. The van der Waals surface area contributed by atoms with Gasteiger partial charge in [0.1, 0.15) is 5.82 Å². The average molecular weight is 278 g/mol. The number of aromatic nitrogens is 1. The number of aromatic amines is 1. The lowest BCUT2D eigenvalue weighted by atomic mass is 10.1. The predicted octanol–water partition coefficient (Wildman–Crippen LogP) is 2.44. The highest BCUT2D eigenvalue weighted by Crippen LogP contribution is 2.21. The molecule has 20 heavy (non-hydrogen) atoms. The van der Waals surface area contributed by atoms with Crippen LogP contribution in [0.2, 0.25) is 0 Å². The van der Waals surface area contributed by atoms with Crippen molar-refractivity contribution in [1.29, 1.82) is 0 Å². The van der Waals surface area contributed by atoms with E-state index in [0.29, 0.717) is 17.9 Å². The lowest BCUT2D eigenvalue weighted by molar-refractivity contribution is 0.0901. The second-order valence-electron chi connectivity index (χ2n) is 5.36. The Kier molecular flexibility index (Phi) is 4.39. The summed E-state index contributed by atoms with van der Waals surface area (Å²) in [5, 5.41) is 12.7. The van der Waals surface area contributed by atoms with Crippen LogP contribution < -0.4 is 5.32 Å². The van der Waals surface area contributed by atoms with Crippen molar-refractivity contribution in [3.8, 4) is 0 Å². The molecule has 3 N–H and O–H groups in total. The van der Waals surface area contributed by atoms with Gasteiger partial charge in [-0.3, -0.25) is 4.79 Å². The van der Waals surface area contributed by atoms with E-state index in [9.17, 15) is 14.3 Å². The van der Waals surface area contributed by atoms with Crippen LogP contribution in [-0.2, 0) is 0 Å². The van der Waals surface area contributed by atoms with Crippen LogP contribution in [0.1, 0.15) is 30.6 Å². The van der Waals surface area contributed by atoms with Crippen LogP contribution >= 0.6 is 0 Å². The summed E-state index contributed by atoms with van der Waals surface area (Å²) >= 11 is 0. The zero-order valence-corrected chi connectivity index (χ0v) is 11.6. The first-order valence-corrected chi connectivity index (χ1v) is 6.71. The molecule has 0 saturated carbocycles. The number of halogens is 1. The standard InChI is InChI=1S/C15H19FN2O2/c1-9(2)6-10(19)7-18-15(20)11-8-17-13-5-3-4-12(16)14(11)13/h3-5,8-10,17,19H,6-7H2,1-2H3,(H,18,20). The maximum Gasteiger partial charge on any atom is 0.253 e. The molecular weight excluding hydrogens is 259 g/mol. The molecule has 0 bridgehead atoms. The first-order valence-electron chi connectivity index (χ1n) is 6.71. The van der Waals surface area contributed by atoms with Gasteiger partial charge in [-0.05, 0) is 24.5 Å². The molecule has 2 rings (SSSR count). The van der Waals surface area contributed by atoms with Crippen molar-refractivity contribution in [3.63, 3.8) is 0 Å². The molecule has 1 aromatic carbocycles. The van der Waals surface area contributed by atoms with Crippen molar-refractivity contribution >= 4 is 16.8 Å². The van der Waals surface area contributed by atoms with E-state index in [0.717, 1.165) is 0 Å². The van der Waals surface area contributed by atoms with E-state index < -0.39 is 11.9 Å². The minimum atomic E-state index is -0.589. The number of aliphatic hydroxyl groups excluding tert-OH is 1. The van der Waals surface area contributed by atoms with Crippen molar-refractivity contribution < 1.29 is 14.3 Å². The molecule has 0 spiro atoms. The lowest BCUT2D eigenvalue weighted by Crippen LogP contribution is -2.32. The molecule has 108 valence electrons. The zero-order chi connectivity index (χ0) is 14.7. The van der Waals surface area contributed by atoms with Gasteiger partial charge in [0, 0.05) is 23.6 Å². The van der Waals surface area contributed by atoms with E-state index in [4.69, 9.17) is 0 Å². The Hall–Kier alpha value is -1.88. The van der Waals surface area contributed by atoms with Crippen LogP contribution in [-0.4, -0.2) is 28.6 Å². The molecule has 1 atom stereocenters. The molecule has 1 unspecified atom stereocenters. The maximum absolute atomic E-state index is 13.8. The van der Waals surface area contributed by atoms with E-state index in [1.54, 1.807) is 12.1 Å². The number of hydrogen-bond donors (Lipinski definition) is 3. The molecule has 1 aromatic heterocycles. The molecule has 1 amide bonds. The van der Waals surface area contributed by atoms with Gasteiger partial charge in [-0.2, -0.15) is 0 Å². The van der Waals surface area contributed by atoms with Gasteiger partial charge in [-0.15, -0.1) is 0 Å². The summed E-state index contributed by atoms with van der Waals surface area (Å²) in [6.45, 7) is 4.16. The molecule has 0 saturated heterocycles. The maximum atomic E-state index is 13.8. The largest absolute Gasteiger partial charge is 0.391 e. The normalized spacial score (nSPS) is 12.8. The van der Waals surface area contributed by atoms with Crippen LogP contribution in [0.25, 0.3) is 10.9 Å². The smallest absolute Gasteiger partial charge is 0.253 e. The van der Waals surface area contributed by atoms with Crippen molar-refractivity contribution in [2.75, 3.05) is 6.54 Å². The van der Waals surface area contributed by atoms with Gasteiger partial charge in [0.25, 0.3) is 5.91 Å². The molecule has 0 aliphatic rings. The Morgan fingerprint density at radius 3 is 2.90 bits per heavy atom. The van der Waals surface area contributed by atoms with E-state index in [2.05, 4.69) is 10.3 Å². The van der Waals surface area contributed by atoms with E-state index >= 15 is 0 Å². The van der Waals surface area contributed by atoms with Crippen LogP contribution in [0.15, 0.2) is 24.4 Å². The van der Waals surface area contributed by atoms with Crippen molar-refractivity contribution in [3.05, 3.63) is 35.8 Å². The fourth-order valence-electron chi connectivity index (χ4n) is 2.25. The number of hydrogen-bond acceptors (Lipinski definition) is 2. The zero-order valence-electron chi connectivity index (χ0n) is 11.6. The summed E-state index contributed by atoms with van der Waals surface area (Å²) in [6, 6.07) is 4.62. The van der Waals surface area contributed by atoms with Gasteiger partial charge in [0.2, 0.25) is 0 Å². The second-order valence-corrected chi connectivity index (χ2v) is 5.36. The van der Waals surface area contributed by atoms with E-state index in [1.165, 1.54) is 12.3 Å². The van der Waals surface area contributed by atoms with Crippen LogP contribution in [0.4, 0.5) is 4.39 Å².